The van der Waals surface area contributed by atoms with Crippen molar-refractivity contribution in [2.24, 2.45) is 0 Å². The minimum absolute atomic E-state index is 0.683. The second-order valence-corrected chi connectivity index (χ2v) is 5.44. The van der Waals surface area contributed by atoms with Gasteiger partial charge in [-0.2, -0.15) is 0 Å². The zero-order valence-electron chi connectivity index (χ0n) is 13.3. The van der Waals surface area contributed by atoms with Crippen molar-refractivity contribution in [1.82, 2.24) is 9.97 Å². The second-order valence-electron chi connectivity index (χ2n) is 5.44. The van der Waals surface area contributed by atoms with Gasteiger partial charge in [0.15, 0.2) is 5.82 Å². The standard InChI is InChI=1S/C18H19N3O/c1-12-8-7-10-14(16(12)22-4)17-19-15-11-6-5-9-13(15)18(20-17)21(2)3/h5-11H,1-4H3. The summed E-state index contributed by atoms with van der Waals surface area (Å²) in [4.78, 5) is 11.5. The smallest absolute Gasteiger partial charge is 0.165 e. The zero-order chi connectivity index (χ0) is 15.7. The van der Waals surface area contributed by atoms with Crippen molar-refractivity contribution >= 4 is 16.7 Å². The highest BCUT2D eigenvalue weighted by Crippen LogP contribution is 2.33. The first-order chi connectivity index (χ1) is 10.6. The number of aryl methyl sites for hydroxylation is 1. The fraction of sp³-hybridized carbons (Fsp3) is 0.222. The van der Waals surface area contributed by atoms with Gasteiger partial charge in [-0.3, -0.25) is 0 Å². The molecule has 0 bridgehead atoms. The summed E-state index contributed by atoms with van der Waals surface area (Å²) in [6.07, 6.45) is 0. The number of benzene rings is 2. The van der Waals surface area contributed by atoms with Crippen LogP contribution in [0.2, 0.25) is 0 Å². The molecule has 22 heavy (non-hydrogen) atoms. The fourth-order valence-electron chi connectivity index (χ4n) is 2.62. The third-order valence-corrected chi connectivity index (χ3v) is 3.66. The summed E-state index contributed by atoms with van der Waals surface area (Å²) >= 11 is 0. The Morgan fingerprint density at radius 3 is 2.45 bits per heavy atom. The maximum atomic E-state index is 5.55. The largest absolute Gasteiger partial charge is 0.496 e. The van der Waals surface area contributed by atoms with Gasteiger partial charge in [-0.1, -0.05) is 24.3 Å². The molecule has 0 saturated heterocycles. The molecule has 0 amide bonds. The SMILES string of the molecule is COc1c(C)cccc1-c1nc(N(C)C)c2ccccc2n1. The topological polar surface area (TPSA) is 38.2 Å². The number of hydrogen-bond donors (Lipinski definition) is 0. The summed E-state index contributed by atoms with van der Waals surface area (Å²) < 4.78 is 5.55. The molecule has 0 spiro atoms. The van der Waals surface area contributed by atoms with E-state index in [0.29, 0.717) is 5.82 Å². The predicted molar refractivity (Wildman–Crippen MR) is 90.6 cm³/mol. The molecule has 0 saturated carbocycles. The Morgan fingerprint density at radius 2 is 1.73 bits per heavy atom. The molecule has 112 valence electrons. The maximum absolute atomic E-state index is 5.55. The average molecular weight is 293 g/mol. The summed E-state index contributed by atoms with van der Waals surface area (Å²) in [6.45, 7) is 2.02. The van der Waals surface area contributed by atoms with Gasteiger partial charge in [0.05, 0.1) is 18.2 Å². The number of ether oxygens (including phenoxy) is 1. The molecule has 0 aliphatic heterocycles. The van der Waals surface area contributed by atoms with Crippen LogP contribution >= 0.6 is 0 Å². The number of para-hydroxylation sites is 2. The van der Waals surface area contributed by atoms with Crippen molar-refractivity contribution < 1.29 is 4.74 Å². The predicted octanol–water partition coefficient (Wildman–Crippen LogP) is 3.68. The normalized spacial score (nSPS) is 10.7. The highest BCUT2D eigenvalue weighted by atomic mass is 16.5. The Morgan fingerprint density at radius 1 is 0.955 bits per heavy atom. The monoisotopic (exact) mass is 293 g/mol. The molecule has 1 aromatic heterocycles. The van der Waals surface area contributed by atoms with Crippen LogP contribution in [0, 0.1) is 6.92 Å². The van der Waals surface area contributed by atoms with E-state index in [0.717, 1.165) is 33.6 Å². The number of aromatic nitrogens is 2. The van der Waals surface area contributed by atoms with Crippen molar-refractivity contribution in [3.05, 3.63) is 48.0 Å². The van der Waals surface area contributed by atoms with E-state index in [4.69, 9.17) is 14.7 Å². The summed E-state index contributed by atoms with van der Waals surface area (Å²) in [6, 6.07) is 14.1. The number of nitrogens with zero attached hydrogens (tertiary/aromatic N) is 3. The van der Waals surface area contributed by atoms with Crippen molar-refractivity contribution in [3.8, 4) is 17.1 Å². The Labute approximate surface area is 130 Å². The third kappa shape index (κ3) is 2.37. The zero-order valence-corrected chi connectivity index (χ0v) is 13.3. The summed E-state index contributed by atoms with van der Waals surface area (Å²) in [5.41, 5.74) is 2.92. The quantitative estimate of drug-likeness (QED) is 0.738. The molecule has 4 nitrogen and oxygen atoms in total. The lowest BCUT2D eigenvalue weighted by Gasteiger charge is -2.16. The number of rotatable bonds is 3. The Balaban J connectivity index is 2.31. The first-order valence-electron chi connectivity index (χ1n) is 7.20. The molecule has 0 atom stereocenters. The lowest BCUT2D eigenvalue weighted by Crippen LogP contribution is -2.12. The molecule has 0 N–H and O–H groups in total. The van der Waals surface area contributed by atoms with Gasteiger partial charge >= 0.3 is 0 Å². The highest BCUT2D eigenvalue weighted by Gasteiger charge is 2.15. The minimum Gasteiger partial charge on any atom is -0.496 e. The molecule has 0 aliphatic rings. The average Bonchev–Trinajstić information content (AvgIpc) is 2.53. The van der Waals surface area contributed by atoms with Crippen LogP contribution in [0.4, 0.5) is 5.82 Å². The summed E-state index contributed by atoms with van der Waals surface area (Å²) in [7, 11) is 5.66. The van der Waals surface area contributed by atoms with E-state index < -0.39 is 0 Å². The lowest BCUT2D eigenvalue weighted by atomic mass is 10.1. The first kappa shape index (κ1) is 14.3. The summed E-state index contributed by atoms with van der Waals surface area (Å²) in [5.74, 6) is 2.41. The second kappa shape index (κ2) is 5.64. The number of methoxy groups -OCH3 is 1. The lowest BCUT2D eigenvalue weighted by molar-refractivity contribution is 0.413. The number of hydrogen-bond acceptors (Lipinski definition) is 4. The molecular formula is C18H19N3O. The van der Waals surface area contributed by atoms with Gasteiger partial charge in [0.2, 0.25) is 0 Å². The van der Waals surface area contributed by atoms with Crippen molar-refractivity contribution in [2.75, 3.05) is 26.1 Å². The summed E-state index contributed by atoms with van der Waals surface area (Å²) in [5, 5.41) is 1.04. The Kier molecular flexibility index (Phi) is 3.67. The van der Waals surface area contributed by atoms with Gasteiger partial charge in [-0.05, 0) is 30.7 Å². The minimum atomic E-state index is 0.683. The third-order valence-electron chi connectivity index (χ3n) is 3.66. The van der Waals surface area contributed by atoms with Crippen molar-refractivity contribution in [3.63, 3.8) is 0 Å². The van der Waals surface area contributed by atoms with Crippen LogP contribution in [-0.4, -0.2) is 31.2 Å². The van der Waals surface area contributed by atoms with Crippen LogP contribution in [0.25, 0.3) is 22.3 Å². The van der Waals surface area contributed by atoms with Gasteiger partial charge in [-0.15, -0.1) is 0 Å². The first-order valence-corrected chi connectivity index (χ1v) is 7.20. The van der Waals surface area contributed by atoms with Gasteiger partial charge in [0.1, 0.15) is 11.6 Å². The van der Waals surface area contributed by atoms with Gasteiger partial charge in [-0.25, -0.2) is 9.97 Å². The van der Waals surface area contributed by atoms with E-state index in [9.17, 15) is 0 Å². The molecule has 3 rings (SSSR count). The Bertz CT molecular complexity index is 828. The molecule has 2 aromatic carbocycles. The van der Waals surface area contributed by atoms with E-state index in [1.165, 1.54) is 0 Å². The van der Waals surface area contributed by atoms with Crippen molar-refractivity contribution in [2.45, 2.75) is 6.92 Å². The van der Waals surface area contributed by atoms with Crippen LogP contribution in [-0.2, 0) is 0 Å². The van der Waals surface area contributed by atoms with Crippen LogP contribution < -0.4 is 9.64 Å². The van der Waals surface area contributed by atoms with E-state index >= 15 is 0 Å². The molecule has 1 heterocycles. The van der Waals surface area contributed by atoms with Crippen molar-refractivity contribution in [1.29, 1.82) is 0 Å². The fourth-order valence-corrected chi connectivity index (χ4v) is 2.62. The Hall–Kier alpha value is -2.62. The molecule has 3 aromatic rings. The molecule has 4 heteroatoms. The van der Waals surface area contributed by atoms with E-state index in [1.807, 2.05) is 68.4 Å². The maximum Gasteiger partial charge on any atom is 0.165 e. The van der Waals surface area contributed by atoms with Gasteiger partial charge < -0.3 is 9.64 Å². The van der Waals surface area contributed by atoms with E-state index in [1.54, 1.807) is 7.11 Å². The number of fused-ring (bicyclic) bond motifs is 1. The molecule has 0 unspecified atom stereocenters. The van der Waals surface area contributed by atoms with E-state index in [-0.39, 0.29) is 0 Å². The molecule has 0 radical (unpaired) electrons. The van der Waals surface area contributed by atoms with Gasteiger partial charge in [0.25, 0.3) is 0 Å². The number of anilines is 1. The molecule has 0 fully saturated rings. The molecular weight excluding hydrogens is 274 g/mol. The van der Waals surface area contributed by atoms with Crippen LogP contribution in [0.5, 0.6) is 5.75 Å². The van der Waals surface area contributed by atoms with Crippen LogP contribution in [0.3, 0.4) is 0 Å². The highest BCUT2D eigenvalue weighted by molar-refractivity contribution is 5.91. The van der Waals surface area contributed by atoms with Crippen LogP contribution in [0.15, 0.2) is 42.5 Å². The molecule has 0 aliphatic carbocycles. The van der Waals surface area contributed by atoms with Gasteiger partial charge in [0, 0.05) is 19.5 Å². The van der Waals surface area contributed by atoms with Crippen LogP contribution in [0.1, 0.15) is 5.56 Å². The van der Waals surface area contributed by atoms with E-state index in [2.05, 4.69) is 0 Å².